The highest BCUT2D eigenvalue weighted by atomic mass is 16.3. The lowest BCUT2D eigenvalue weighted by atomic mass is 10.0. The molecule has 6 nitrogen and oxygen atoms in total. The second-order valence-electron chi connectivity index (χ2n) is 8.51. The molecule has 0 aliphatic carbocycles. The van der Waals surface area contributed by atoms with E-state index in [4.69, 9.17) is 4.42 Å². The number of carbonyl (C=O) groups is 2. The number of carbonyl (C=O) groups excluding carboxylic acids is 2. The number of nitrogens with one attached hydrogen (secondary N) is 1. The highest BCUT2D eigenvalue weighted by molar-refractivity contribution is 5.98. The lowest BCUT2D eigenvalue weighted by Crippen LogP contribution is -2.41. The summed E-state index contributed by atoms with van der Waals surface area (Å²) in [4.78, 5) is 31.7. The summed E-state index contributed by atoms with van der Waals surface area (Å²) in [6, 6.07) is 20.8. The lowest BCUT2D eigenvalue weighted by molar-refractivity contribution is 0.0723. The molecule has 4 aromatic rings. The number of nitrogens with zero attached hydrogens (tertiary/aromatic N) is 2. The second kappa shape index (κ2) is 10.3. The maximum Gasteiger partial charge on any atom is 0.269 e. The fourth-order valence-electron chi connectivity index (χ4n) is 4.11. The summed E-state index contributed by atoms with van der Waals surface area (Å²) in [6.07, 6.45) is 2.89. The molecule has 174 valence electrons. The van der Waals surface area contributed by atoms with Crippen molar-refractivity contribution in [3.8, 4) is 0 Å². The van der Waals surface area contributed by atoms with Crippen LogP contribution in [0.15, 0.2) is 77.3 Å². The van der Waals surface area contributed by atoms with E-state index in [2.05, 4.69) is 22.4 Å². The minimum atomic E-state index is -0.220. The molecule has 0 bridgehead atoms. The van der Waals surface area contributed by atoms with E-state index in [0.29, 0.717) is 30.6 Å². The molecule has 1 N–H and O–H groups in total. The van der Waals surface area contributed by atoms with Crippen LogP contribution in [0.3, 0.4) is 0 Å². The van der Waals surface area contributed by atoms with E-state index in [-0.39, 0.29) is 17.9 Å². The Balaban J connectivity index is 1.50. The first-order valence-electron chi connectivity index (χ1n) is 11.4. The molecule has 0 radical (unpaired) electrons. The van der Waals surface area contributed by atoms with Crippen molar-refractivity contribution >= 4 is 22.8 Å². The third-order valence-electron chi connectivity index (χ3n) is 6.27. The normalized spacial score (nSPS) is 11.9. The number of fused-ring (bicyclic) bond motifs is 1. The number of pyridine rings is 1. The highest BCUT2D eigenvalue weighted by Gasteiger charge is 2.23. The summed E-state index contributed by atoms with van der Waals surface area (Å²) in [7, 11) is 1.82. The van der Waals surface area contributed by atoms with Crippen LogP contribution in [0.5, 0.6) is 0 Å². The van der Waals surface area contributed by atoms with Gasteiger partial charge in [0.15, 0.2) is 0 Å². The van der Waals surface area contributed by atoms with Gasteiger partial charge in [0.2, 0.25) is 0 Å². The fraction of sp³-hybridized carbons (Fsp3) is 0.250. The molecule has 2 amide bonds. The molecular weight excluding hydrogens is 426 g/mol. The van der Waals surface area contributed by atoms with Crippen molar-refractivity contribution in [3.63, 3.8) is 0 Å². The van der Waals surface area contributed by atoms with E-state index >= 15 is 0 Å². The smallest absolute Gasteiger partial charge is 0.269 e. The molecule has 4 rings (SSSR count). The Labute approximate surface area is 199 Å². The molecule has 2 aromatic carbocycles. The minimum Gasteiger partial charge on any atom is -0.461 e. The predicted molar refractivity (Wildman–Crippen MR) is 133 cm³/mol. The molecule has 2 heterocycles. The monoisotopic (exact) mass is 455 g/mol. The van der Waals surface area contributed by atoms with Crippen molar-refractivity contribution in [1.82, 2.24) is 15.2 Å². The molecule has 34 heavy (non-hydrogen) atoms. The van der Waals surface area contributed by atoms with E-state index in [1.165, 1.54) is 0 Å². The summed E-state index contributed by atoms with van der Waals surface area (Å²) in [5.74, 6) is 0.561. The molecule has 6 heteroatoms. The minimum absolute atomic E-state index is 0.0782. The first kappa shape index (κ1) is 23.2. The molecule has 0 spiro atoms. The zero-order chi connectivity index (χ0) is 24.1. The molecule has 0 saturated heterocycles. The Kier molecular flexibility index (Phi) is 7.07. The van der Waals surface area contributed by atoms with Crippen molar-refractivity contribution in [3.05, 3.63) is 101 Å². The van der Waals surface area contributed by atoms with E-state index in [1.807, 2.05) is 57.3 Å². The van der Waals surface area contributed by atoms with Gasteiger partial charge in [-0.3, -0.25) is 14.6 Å². The van der Waals surface area contributed by atoms with Crippen LogP contribution in [-0.4, -0.2) is 41.3 Å². The Morgan fingerprint density at radius 1 is 1.03 bits per heavy atom. The maximum atomic E-state index is 13.4. The van der Waals surface area contributed by atoms with Gasteiger partial charge >= 0.3 is 0 Å². The lowest BCUT2D eigenvalue weighted by Gasteiger charge is -2.29. The van der Waals surface area contributed by atoms with Gasteiger partial charge in [-0.25, -0.2) is 0 Å². The number of aryl methyl sites for hydroxylation is 2. The van der Waals surface area contributed by atoms with Crippen LogP contribution in [-0.2, 0) is 6.42 Å². The number of benzene rings is 2. The average Bonchev–Trinajstić information content (AvgIpc) is 3.16. The summed E-state index contributed by atoms with van der Waals surface area (Å²) in [5, 5.41) is 3.95. The van der Waals surface area contributed by atoms with E-state index < -0.39 is 0 Å². The number of likely N-dealkylation sites (N-methyl/N-ethyl adjacent to an activating group) is 1. The Morgan fingerprint density at radius 2 is 1.79 bits per heavy atom. The Bertz CT molecular complexity index is 1280. The molecule has 0 unspecified atom stereocenters. The van der Waals surface area contributed by atoms with E-state index in [0.717, 1.165) is 27.9 Å². The van der Waals surface area contributed by atoms with Gasteiger partial charge in [-0.2, -0.15) is 0 Å². The molecule has 2 aromatic heterocycles. The van der Waals surface area contributed by atoms with E-state index in [9.17, 15) is 9.59 Å². The van der Waals surface area contributed by atoms with Gasteiger partial charge in [0.05, 0.1) is 0 Å². The van der Waals surface area contributed by atoms with Crippen LogP contribution in [0.1, 0.15) is 44.2 Å². The van der Waals surface area contributed by atoms with Crippen molar-refractivity contribution in [2.45, 2.75) is 32.7 Å². The average molecular weight is 456 g/mol. The van der Waals surface area contributed by atoms with Gasteiger partial charge in [0.25, 0.3) is 11.8 Å². The van der Waals surface area contributed by atoms with Crippen molar-refractivity contribution in [2.24, 2.45) is 0 Å². The number of furan rings is 1. The first-order valence-corrected chi connectivity index (χ1v) is 11.4. The summed E-state index contributed by atoms with van der Waals surface area (Å²) >= 11 is 0. The number of aromatic nitrogens is 1. The summed E-state index contributed by atoms with van der Waals surface area (Å²) < 4.78 is 5.83. The van der Waals surface area contributed by atoms with E-state index in [1.54, 1.807) is 29.3 Å². The largest absolute Gasteiger partial charge is 0.461 e. The molecule has 0 aliphatic rings. The van der Waals surface area contributed by atoms with Gasteiger partial charge in [0.1, 0.15) is 17.0 Å². The predicted octanol–water partition coefficient (Wildman–Crippen LogP) is 4.95. The zero-order valence-corrected chi connectivity index (χ0v) is 19.7. The van der Waals surface area contributed by atoms with Crippen molar-refractivity contribution in [2.75, 3.05) is 13.6 Å². The summed E-state index contributed by atoms with van der Waals surface area (Å²) in [6.45, 7) is 4.38. The maximum absolute atomic E-state index is 13.4. The molecule has 0 fully saturated rings. The van der Waals surface area contributed by atoms with Crippen LogP contribution in [0, 0.1) is 13.8 Å². The van der Waals surface area contributed by atoms with Gasteiger partial charge < -0.3 is 14.6 Å². The first-order chi connectivity index (χ1) is 16.4. The van der Waals surface area contributed by atoms with Crippen LogP contribution in [0.4, 0.5) is 0 Å². The van der Waals surface area contributed by atoms with Crippen LogP contribution in [0.2, 0.25) is 0 Å². The topological polar surface area (TPSA) is 75.4 Å². The molecule has 1 atom stereocenters. The van der Waals surface area contributed by atoms with Gasteiger partial charge in [-0.1, -0.05) is 42.5 Å². The van der Waals surface area contributed by atoms with Crippen molar-refractivity contribution in [1.29, 1.82) is 0 Å². The standard InChI is InChI=1S/C28H29N3O3/c1-19-20(2)34-26-18-22(12-13-24(19)26)28(33)31(3)23(17-21-9-5-4-6-10-21)14-16-30-27(32)25-11-7-8-15-29-25/h4-13,15,18,23H,14,16-17H2,1-3H3,(H,30,32)/t23-/m1/s1. The van der Waals surface area contributed by atoms with Crippen LogP contribution in [0.25, 0.3) is 11.0 Å². The zero-order valence-electron chi connectivity index (χ0n) is 19.7. The Hall–Kier alpha value is -3.93. The van der Waals surface area contributed by atoms with Gasteiger partial charge in [-0.15, -0.1) is 0 Å². The van der Waals surface area contributed by atoms with Crippen LogP contribution >= 0.6 is 0 Å². The fourth-order valence-corrected chi connectivity index (χ4v) is 4.11. The van der Waals surface area contributed by atoms with Crippen LogP contribution < -0.4 is 5.32 Å². The number of amides is 2. The summed E-state index contributed by atoms with van der Waals surface area (Å²) in [5.41, 5.74) is 3.91. The number of hydrogen-bond donors (Lipinski definition) is 1. The molecular formula is C28H29N3O3. The number of hydrogen-bond acceptors (Lipinski definition) is 4. The number of rotatable bonds is 8. The third-order valence-corrected chi connectivity index (χ3v) is 6.27. The Morgan fingerprint density at radius 3 is 2.53 bits per heavy atom. The second-order valence-corrected chi connectivity index (χ2v) is 8.51. The van der Waals surface area contributed by atoms with Gasteiger partial charge in [-0.05, 0) is 62.1 Å². The molecule has 0 aliphatic heterocycles. The quantitative estimate of drug-likeness (QED) is 0.408. The highest BCUT2D eigenvalue weighted by Crippen LogP contribution is 2.26. The SMILES string of the molecule is Cc1oc2cc(C(=O)N(C)[C@H](CCNC(=O)c3ccccn3)Cc3ccccc3)ccc2c1C. The van der Waals surface area contributed by atoms with Gasteiger partial charge in [0, 0.05) is 36.8 Å². The third kappa shape index (κ3) is 5.17. The molecule has 0 saturated carbocycles. The van der Waals surface area contributed by atoms with Crippen molar-refractivity contribution < 1.29 is 14.0 Å².